The van der Waals surface area contributed by atoms with E-state index in [1.165, 1.54) is 30.3 Å². The molecule has 158 valence electrons. The van der Waals surface area contributed by atoms with Crippen LogP contribution in [-0.4, -0.2) is 55.6 Å². The first kappa shape index (κ1) is 21.4. The molecule has 29 heavy (non-hydrogen) atoms. The molecule has 1 aliphatic carbocycles. The molecule has 0 spiro atoms. The molecule has 3 rings (SSSR count). The van der Waals surface area contributed by atoms with Gasteiger partial charge in [-0.25, -0.2) is 8.42 Å². The van der Waals surface area contributed by atoms with Crippen molar-refractivity contribution in [2.24, 2.45) is 5.92 Å². The summed E-state index contributed by atoms with van der Waals surface area (Å²) in [4.78, 5) is 35.9. The van der Waals surface area contributed by atoms with Gasteiger partial charge in [0.15, 0.2) is 11.9 Å². The molecule has 1 heterocycles. The first-order valence-corrected chi connectivity index (χ1v) is 11.2. The van der Waals surface area contributed by atoms with E-state index in [0.717, 1.165) is 12.8 Å². The fraction of sp³-hybridized carbons (Fsp3) is 0.550. The Bertz CT molecular complexity index is 901. The third-order valence-electron chi connectivity index (χ3n) is 5.25. The SMILES string of the molecule is CC(=O)c1cccc(S(=O)(=O)N2CCC(C(=O)OC(C)C(=O)NC3CC3)CC2)c1. The molecular formula is C20H26N2O6S. The second kappa shape index (κ2) is 8.62. The first-order chi connectivity index (χ1) is 13.7. The molecule has 0 bridgehead atoms. The Morgan fingerprint density at radius 2 is 1.79 bits per heavy atom. The minimum atomic E-state index is -3.75. The average Bonchev–Trinajstić information content (AvgIpc) is 3.52. The number of piperidine rings is 1. The van der Waals surface area contributed by atoms with Crippen molar-refractivity contribution in [2.45, 2.75) is 56.6 Å². The lowest BCUT2D eigenvalue weighted by atomic mass is 9.98. The molecule has 1 aliphatic heterocycles. The molecule has 1 unspecified atom stereocenters. The summed E-state index contributed by atoms with van der Waals surface area (Å²) < 4.78 is 32.3. The van der Waals surface area contributed by atoms with Crippen molar-refractivity contribution in [3.8, 4) is 0 Å². The summed E-state index contributed by atoms with van der Waals surface area (Å²) in [6.45, 7) is 3.27. The molecule has 2 aliphatic rings. The average molecular weight is 423 g/mol. The van der Waals surface area contributed by atoms with Crippen LogP contribution in [0.1, 0.15) is 49.9 Å². The number of nitrogens with one attached hydrogen (secondary N) is 1. The second-order valence-corrected chi connectivity index (χ2v) is 9.56. The van der Waals surface area contributed by atoms with Crippen molar-refractivity contribution >= 4 is 27.7 Å². The molecule has 9 heteroatoms. The van der Waals surface area contributed by atoms with Gasteiger partial charge in [-0.1, -0.05) is 12.1 Å². The van der Waals surface area contributed by atoms with Crippen LogP contribution in [-0.2, 0) is 24.3 Å². The minimum absolute atomic E-state index is 0.0663. The Morgan fingerprint density at radius 1 is 1.14 bits per heavy atom. The van der Waals surface area contributed by atoms with Crippen LogP contribution in [0.25, 0.3) is 0 Å². The zero-order valence-corrected chi connectivity index (χ0v) is 17.4. The zero-order chi connectivity index (χ0) is 21.2. The van der Waals surface area contributed by atoms with Gasteiger partial charge in [0, 0.05) is 24.7 Å². The zero-order valence-electron chi connectivity index (χ0n) is 16.6. The fourth-order valence-corrected chi connectivity index (χ4v) is 4.74. The predicted octanol–water partition coefficient (Wildman–Crippen LogP) is 1.50. The topological polar surface area (TPSA) is 110 Å². The van der Waals surface area contributed by atoms with Crippen molar-refractivity contribution in [1.82, 2.24) is 9.62 Å². The molecule has 1 amide bonds. The number of sulfonamides is 1. The number of amides is 1. The highest BCUT2D eigenvalue weighted by atomic mass is 32.2. The van der Waals surface area contributed by atoms with E-state index in [4.69, 9.17) is 4.74 Å². The molecule has 8 nitrogen and oxygen atoms in total. The van der Waals surface area contributed by atoms with E-state index in [0.29, 0.717) is 18.4 Å². The largest absolute Gasteiger partial charge is 0.452 e. The quantitative estimate of drug-likeness (QED) is 0.527. The fourth-order valence-electron chi connectivity index (χ4n) is 3.23. The van der Waals surface area contributed by atoms with Gasteiger partial charge in [0.25, 0.3) is 5.91 Å². The molecule has 1 N–H and O–H groups in total. The third kappa shape index (κ3) is 5.22. The van der Waals surface area contributed by atoms with Crippen LogP contribution >= 0.6 is 0 Å². The van der Waals surface area contributed by atoms with Crippen LogP contribution in [0.15, 0.2) is 29.2 Å². The van der Waals surface area contributed by atoms with Gasteiger partial charge in [0.1, 0.15) is 0 Å². The van der Waals surface area contributed by atoms with E-state index in [1.54, 1.807) is 12.1 Å². The minimum Gasteiger partial charge on any atom is -0.452 e. The number of hydrogen-bond acceptors (Lipinski definition) is 6. The number of hydrogen-bond donors (Lipinski definition) is 1. The number of esters is 1. The molecule has 0 aromatic heterocycles. The van der Waals surface area contributed by atoms with Crippen molar-refractivity contribution in [3.05, 3.63) is 29.8 Å². The molecular weight excluding hydrogens is 396 g/mol. The Morgan fingerprint density at radius 3 is 2.38 bits per heavy atom. The second-order valence-electron chi connectivity index (χ2n) is 7.62. The van der Waals surface area contributed by atoms with Crippen LogP contribution in [0.5, 0.6) is 0 Å². The van der Waals surface area contributed by atoms with Gasteiger partial charge in [-0.2, -0.15) is 4.31 Å². The summed E-state index contributed by atoms with van der Waals surface area (Å²) in [7, 11) is -3.75. The monoisotopic (exact) mass is 422 g/mol. The number of Topliss-reactive ketones (excluding diaryl/α,β-unsaturated/α-hetero) is 1. The number of carbonyl (C=O) groups excluding carboxylic acids is 3. The molecule has 1 saturated heterocycles. The van der Waals surface area contributed by atoms with Crippen LogP contribution in [0.3, 0.4) is 0 Å². The lowest BCUT2D eigenvalue weighted by Crippen LogP contribution is -2.42. The number of ketones is 1. The molecule has 1 aromatic rings. The lowest BCUT2D eigenvalue weighted by Gasteiger charge is -2.30. The standard InChI is InChI=1S/C20H26N2O6S/c1-13(23)16-4-3-5-18(12-16)29(26,27)22-10-8-15(9-11-22)20(25)28-14(2)19(24)21-17-6-7-17/h3-5,12,14-15,17H,6-11H2,1-2H3,(H,21,24). The molecule has 1 saturated carbocycles. The predicted molar refractivity (Wildman–Crippen MR) is 105 cm³/mol. The van der Waals surface area contributed by atoms with Gasteiger partial charge in [0.2, 0.25) is 10.0 Å². The summed E-state index contributed by atoms with van der Waals surface area (Å²) >= 11 is 0. The van der Waals surface area contributed by atoms with E-state index in [1.807, 2.05) is 0 Å². The van der Waals surface area contributed by atoms with Crippen LogP contribution in [0.4, 0.5) is 0 Å². The summed E-state index contributed by atoms with van der Waals surface area (Å²) in [5, 5.41) is 2.79. The van der Waals surface area contributed by atoms with Gasteiger partial charge >= 0.3 is 5.97 Å². The first-order valence-electron chi connectivity index (χ1n) is 9.80. The van der Waals surface area contributed by atoms with E-state index in [9.17, 15) is 22.8 Å². The Balaban J connectivity index is 1.56. The Kier molecular flexibility index (Phi) is 6.38. The van der Waals surface area contributed by atoms with Crippen molar-refractivity contribution < 1.29 is 27.5 Å². The van der Waals surface area contributed by atoms with Crippen LogP contribution in [0.2, 0.25) is 0 Å². The summed E-state index contributed by atoms with van der Waals surface area (Å²) in [6.07, 6.45) is 1.69. The number of benzene rings is 1. The summed E-state index contributed by atoms with van der Waals surface area (Å²) in [6, 6.07) is 6.14. The molecule has 1 atom stereocenters. The van der Waals surface area contributed by atoms with E-state index >= 15 is 0 Å². The Labute approximate surface area is 170 Å². The Hall–Kier alpha value is -2.26. The van der Waals surface area contributed by atoms with Crippen molar-refractivity contribution in [1.29, 1.82) is 0 Å². The summed E-state index contributed by atoms with van der Waals surface area (Å²) in [5.41, 5.74) is 0.336. The highest BCUT2D eigenvalue weighted by molar-refractivity contribution is 7.89. The number of ether oxygens (including phenoxy) is 1. The smallest absolute Gasteiger partial charge is 0.309 e. The maximum Gasteiger partial charge on any atom is 0.309 e. The van der Waals surface area contributed by atoms with Crippen LogP contribution < -0.4 is 5.32 Å². The van der Waals surface area contributed by atoms with E-state index in [-0.39, 0.29) is 35.7 Å². The molecule has 0 radical (unpaired) electrons. The van der Waals surface area contributed by atoms with Crippen molar-refractivity contribution in [3.63, 3.8) is 0 Å². The third-order valence-corrected chi connectivity index (χ3v) is 7.15. The van der Waals surface area contributed by atoms with Gasteiger partial charge in [0.05, 0.1) is 10.8 Å². The van der Waals surface area contributed by atoms with Gasteiger partial charge < -0.3 is 10.1 Å². The maximum absolute atomic E-state index is 12.9. The van der Waals surface area contributed by atoms with Gasteiger partial charge in [-0.15, -0.1) is 0 Å². The number of rotatable bonds is 7. The maximum atomic E-state index is 12.9. The molecule has 1 aromatic carbocycles. The highest BCUT2D eigenvalue weighted by Crippen LogP contribution is 2.26. The number of carbonyl (C=O) groups is 3. The van der Waals surface area contributed by atoms with Crippen molar-refractivity contribution in [2.75, 3.05) is 13.1 Å². The number of nitrogens with zero attached hydrogens (tertiary/aromatic N) is 1. The van der Waals surface area contributed by atoms with Gasteiger partial charge in [-0.3, -0.25) is 14.4 Å². The van der Waals surface area contributed by atoms with E-state index < -0.39 is 28.0 Å². The lowest BCUT2D eigenvalue weighted by molar-refractivity contribution is -0.159. The normalized spacial score (nSPS) is 19.4. The summed E-state index contributed by atoms with van der Waals surface area (Å²) in [5.74, 6) is -1.42. The molecule has 2 fully saturated rings. The highest BCUT2D eigenvalue weighted by Gasteiger charge is 2.34. The van der Waals surface area contributed by atoms with E-state index in [2.05, 4.69) is 5.32 Å². The van der Waals surface area contributed by atoms with Gasteiger partial charge in [-0.05, 0) is 51.7 Å². The van der Waals surface area contributed by atoms with Crippen LogP contribution in [0, 0.1) is 5.92 Å².